The van der Waals surface area contributed by atoms with Crippen LogP contribution in [0.3, 0.4) is 0 Å². The molecule has 0 atom stereocenters. The Hall–Kier alpha value is -4.02. The molecule has 0 heterocycles. The van der Waals surface area contributed by atoms with Crippen LogP contribution < -0.4 is 10.1 Å². The van der Waals surface area contributed by atoms with E-state index < -0.39 is 34.0 Å². The Morgan fingerprint density at radius 3 is 2.41 bits per heavy atom. The average molecular weight is 375 g/mol. The molecule has 0 aromatic heterocycles. The van der Waals surface area contributed by atoms with Gasteiger partial charge in [-0.25, -0.2) is 4.79 Å². The number of benzene rings is 2. The molecule has 140 valence electrons. The lowest BCUT2D eigenvalue weighted by atomic mass is 10.2. The van der Waals surface area contributed by atoms with Gasteiger partial charge >= 0.3 is 5.97 Å². The molecule has 0 radical (unpaired) electrons. The van der Waals surface area contributed by atoms with Crippen LogP contribution >= 0.6 is 0 Å². The summed E-state index contributed by atoms with van der Waals surface area (Å²) in [6.07, 6.45) is 0. The second kappa shape index (κ2) is 8.38. The van der Waals surface area contributed by atoms with Crippen molar-refractivity contribution in [2.75, 3.05) is 19.0 Å². The van der Waals surface area contributed by atoms with Gasteiger partial charge in [-0.05, 0) is 12.1 Å². The van der Waals surface area contributed by atoms with Gasteiger partial charge in [0.25, 0.3) is 17.3 Å². The zero-order valence-electron chi connectivity index (χ0n) is 13.9. The predicted molar refractivity (Wildman–Crippen MR) is 91.7 cm³/mol. The number of ether oxygens (including phenoxy) is 2. The van der Waals surface area contributed by atoms with Gasteiger partial charge in [0, 0.05) is 12.1 Å². The van der Waals surface area contributed by atoms with E-state index in [0.29, 0.717) is 0 Å². The van der Waals surface area contributed by atoms with Crippen molar-refractivity contribution in [2.24, 2.45) is 0 Å². The van der Waals surface area contributed by atoms with E-state index >= 15 is 0 Å². The Balaban J connectivity index is 2.04. The predicted octanol–water partition coefficient (Wildman–Crippen LogP) is 2.31. The van der Waals surface area contributed by atoms with Gasteiger partial charge in [0.05, 0.1) is 28.7 Å². The number of carbonyl (C=O) groups excluding carboxylic acids is 2. The molecule has 11 nitrogen and oxygen atoms in total. The van der Waals surface area contributed by atoms with Crippen molar-refractivity contribution in [3.63, 3.8) is 0 Å². The van der Waals surface area contributed by atoms with E-state index in [2.05, 4.69) is 5.32 Å². The van der Waals surface area contributed by atoms with E-state index in [1.807, 2.05) is 0 Å². The number of hydrogen-bond donors (Lipinski definition) is 1. The molecule has 27 heavy (non-hydrogen) atoms. The van der Waals surface area contributed by atoms with E-state index in [4.69, 9.17) is 9.47 Å². The van der Waals surface area contributed by atoms with Gasteiger partial charge in [0.2, 0.25) is 0 Å². The zero-order chi connectivity index (χ0) is 20.0. The molecular formula is C16H13N3O8. The van der Waals surface area contributed by atoms with Crippen molar-refractivity contribution in [1.29, 1.82) is 0 Å². The van der Waals surface area contributed by atoms with Crippen LogP contribution in [-0.4, -0.2) is 35.4 Å². The van der Waals surface area contributed by atoms with Crippen molar-refractivity contribution in [3.05, 3.63) is 68.3 Å². The van der Waals surface area contributed by atoms with Gasteiger partial charge in [0.1, 0.15) is 11.3 Å². The summed E-state index contributed by atoms with van der Waals surface area (Å²) in [6, 6.07) is 8.70. The highest BCUT2D eigenvalue weighted by Gasteiger charge is 2.21. The summed E-state index contributed by atoms with van der Waals surface area (Å²) >= 11 is 0. The normalized spacial score (nSPS) is 9.96. The van der Waals surface area contributed by atoms with E-state index in [-0.39, 0.29) is 22.7 Å². The first-order valence-corrected chi connectivity index (χ1v) is 7.36. The standard InChI is InChI=1S/C16H13N3O8/c1-26-14-8-10(18(22)23)6-7-12(14)17-15(20)9-27-16(21)11-4-2-3-5-13(11)19(24)25/h2-8H,9H2,1H3,(H,17,20). The zero-order valence-corrected chi connectivity index (χ0v) is 13.9. The molecule has 0 bridgehead atoms. The van der Waals surface area contributed by atoms with Crippen LogP contribution in [0.4, 0.5) is 17.1 Å². The number of nitrogens with zero attached hydrogens (tertiary/aromatic N) is 2. The van der Waals surface area contributed by atoms with Gasteiger partial charge in [0.15, 0.2) is 6.61 Å². The molecule has 1 N–H and O–H groups in total. The molecular weight excluding hydrogens is 362 g/mol. The average Bonchev–Trinajstić information content (AvgIpc) is 2.66. The first-order valence-electron chi connectivity index (χ1n) is 7.36. The van der Waals surface area contributed by atoms with Crippen LogP contribution in [-0.2, 0) is 9.53 Å². The summed E-state index contributed by atoms with van der Waals surface area (Å²) in [5.74, 6) is -1.75. The van der Waals surface area contributed by atoms with E-state index in [0.717, 1.165) is 18.2 Å². The van der Waals surface area contributed by atoms with Crippen molar-refractivity contribution in [3.8, 4) is 5.75 Å². The summed E-state index contributed by atoms with van der Waals surface area (Å²) < 4.78 is 9.76. The number of methoxy groups -OCH3 is 1. The Bertz CT molecular complexity index is 912. The molecule has 0 aliphatic rings. The molecule has 2 aromatic rings. The number of non-ortho nitro benzene ring substituents is 1. The number of para-hydroxylation sites is 1. The third-order valence-corrected chi connectivity index (χ3v) is 3.33. The van der Waals surface area contributed by atoms with Gasteiger partial charge in [-0.2, -0.15) is 0 Å². The summed E-state index contributed by atoms with van der Waals surface area (Å²) in [6.45, 7) is -0.717. The highest BCUT2D eigenvalue weighted by molar-refractivity contribution is 5.98. The second-order valence-corrected chi connectivity index (χ2v) is 5.04. The molecule has 11 heteroatoms. The quantitative estimate of drug-likeness (QED) is 0.440. The number of amides is 1. The number of nitro benzene ring substituents is 2. The number of hydrogen-bond acceptors (Lipinski definition) is 8. The molecule has 0 unspecified atom stereocenters. The number of carbonyl (C=O) groups is 2. The van der Waals surface area contributed by atoms with E-state index in [9.17, 15) is 29.8 Å². The number of rotatable bonds is 7. The third kappa shape index (κ3) is 4.75. The molecule has 0 saturated carbocycles. The minimum absolute atomic E-state index is 0.0440. The van der Waals surface area contributed by atoms with Crippen LogP contribution in [0, 0.1) is 20.2 Å². The van der Waals surface area contributed by atoms with Gasteiger partial charge in [-0.3, -0.25) is 25.0 Å². The summed E-state index contributed by atoms with van der Waals surface area (Å²) in [7, 11) is 1.27. The van der Waals surface area contributed by atoms with E-state index in [1.54, 1.807) is 0 Å². The maximum atomic E-state index is 12.0. The van der Waals surface area contributed by atoms with Crippen molar-refractivity contribution in [2.45, 2.75) is 0 Å². The smallest absolute Gasteiger partial charge is 0.345 e. The monoisotopic (exact) mass is 375 g/mol. The first kappa shape index (κ1) is 19.3. The van der Waals surface area contributed by atoms with Gasteiger partial charge in [-0.1, -0.05) is 12.1 Å². The summed E-state index contributed by atoms with van der Waals surface area (Å²) in [5.41, 5.74) is -0.828. The van der Waals surface area contributed by atoms with Crippen LogP contribution in [0.15, 0.2) is 42.5 Å². The number of nitro groups is 2. The highest BCUT2D eigenvalue weighted by atomic mass is 16.6. The minimum Gasteiger partial charge on any atom is -0.494 e. The number of anilines is 1. The fourth-order valence-electron chi connectivity index (χ4n) is 2.10. The van der Waals surface area contributed by atoms with Crippen LogP contribution in [0.5, 0.6) is 5.75 Å². The van der Waals surface area contributed by atoms with Crippen LogP contribution in [0.1, 0.15) is 10.4 Å². The molecule has 1 amide bonds. The minimum atomic E-state index is -1.03. The third-order valence-electron chi connectivity index (χ3n) is 3.33. The Kier molecular flexibility index (Phi) is 5.99. The highest BCUT2D eigenvalue weighted by Crippen LogP contribution is 2.29. The lowest BCUT2D eigenvalue weighted by molar-refractivity contribution is -0.385. The molecule has 2 aromatic carbocycles. The maximum Gasteiger partial charge on any atom is 0.345 e. The molecule has 0 aliphatic heterocycles. The number of nitrogens with one attached hydrogen (secondary N) is 1. The van der Waals surface area contributed by atoms with Crippen molar-refractivity contribution in [1.82, 2.24) is 0 Å². The summed E-state index contributed by atoms with van der Waals surface area (Å²) in [4.78, 5) is 44.2. The molecule has 0 saturated heterocycles. The first-order chi connectivity index (χ1) is 12.8. The maximum absolute atomic E-state index is 12.0. The molecule has 0 spiro atoms. The van der Waals surface area contributed by atoms with E-state index in [1.165, 1.54) is 31.4 Å². The lowest BCUT2D eigenvalue weighted by Crippen LogP contribution is -2.21. The van der Waals surface area contributed by atoms with Gasteiger partial charge < -0.3 is 14.8 Å². The fraction of sp³-hybridized carbons (Fsp3) is 0.125. The van der Waals surface area contributed by atoms with Gasteiger partial charge in [-0.15, -0.1) is 0 Å². The summed E-state index contributed by atoms with van der Waals surface area (Å²) in [5, 5.41) is 24.0. The molecule has 0 fully saturated rings. The number of esters is 1. The van der Waals surface area contributed by atoms with Crippen molar-refractivity contribution >= 4 is 28.9 Å². The molecule has 0 aliphatic carbocycles. The Morgan fingerprint density at radius 2 is 1.78 bits per heavy atom. The Labute approximate surface area is 151 Å². The second-order valence-electron chi connectivity index (χ2n) is 5.04. The van der Waals surface area contributed by atoms with Crippen LogP contribution in [0.25, 0.3) is 0 Å². The van der Waals surface area contributed by atoms with Crippen LogP contribution in [0.2, 0.25) is 0 Å². The fourth-order valence-corrected chi connectivity index (χ4v) is 2.10. The Morgan fingerprint density at radius 1 is 1.07 bits per heavy atom. The SMILES string of the molecule is COc1cc([N+](=O)[O-])ccc1NC(=O)COC(=O)c1ccccc1[N+](=O)[O-]. The lowest BCUT2D eigenvalue weighted by Gasteiger charge is -2.10. The topological polar surface area (TPSA) is 151 Å². The largest absolute Gasteiger partial charge is 0.494 e. The van der Waals surface area contributed by atoms with Crippen molar-refractivity contribution < 1.29 is 28.9 Å². The molecule has 2 rings (SSSR count).